The number of fused-ring (bicyclic) bond motifs is 1. The van der Waals surface area contributed by atoms with Gasteiger partial charge in [-0.2, -0.15) is 0 Å². The number of benzene rings is 2. The smallest absolute Gasteiger partial charge is 0.282 e. The molecule has 2 unspecified atom stereocenters. The lowest BCUT2D eigenvalue weighted by Crippen LogP contribution is -2.48. The average molecular weight is 450 g/mol. The molecule has 0 radical (unpaired) electrons. The van der Waals surface area contributed by atoms with E-state index >= 15 is 0 Å². The van der Waals surface area contributed by atoms with Crippen molar-refractivity contribution < 1.29 is 19.3 Å². The SMILES string of the molecule is CC(c1ccc(Cl)cc1Cl)N(C)C(=O)C(C)N1C(=O)c2cccc([N+](=O)[O-])c2C1=O. The van der Waals surface area contributed by atoms with E-state index in [9.17, 15) is 24.5 Å². The van der Waals surface area contributed by atoms with Gasteiger partial charge in [-0.3, -0.25) is 29.4 Å². The third-order valence-electron chi connectivity index (χ3n) is 5.21. The highest BCUT2D eigenvalue weighted by Crippen LogP contribution is 2.33. The van der Waals surface area contributed by atoms with Crippen molar-refractivity contribution in [1.82, 2.24) is 9.80 Å². The largest absolute Gasteiger partial charge is 0.337 e. The van der Waals surface area contributed by atoms with Crippen LogP contribution in [0.1, 0.15) is 46.2 Å². The molecule has 0 aromatic heterocycles. The van der Waals surface area contributed by atoms with Gasteiger partial charge in [0, 0.05) is 23.2 Å². The van der Waals surface area contributed by atoms with Gasteiger partial charge in [0.15, 0.2) is 0 Å². The van der Waals surface area contributed by atoms with Crippen LogP contribution in [0.5, 0.6) is 0 Å². The van der Waals surface area contributed by atoms with Gasteiger partial charge in [0.25, 0.3) is 17.5 Å². The van der Waals surface area contributed by atoms with Crippen LogP contribution in [0.15, 0.2) is 36.4 Å². The van der Waals surface area contributed by atoms with E-state index in [0.29, 0.717) is 15.6 Å². The van der Waals surface area contributed by atoms with Gasteiger partial charge in [-0.15, -0.1) is 0 Å². The predicted octanol–water partition coefficient (Wildman–Crippen LogP) is 4.11. The molecule has 1 aliphatic heterocycles. The van der Waals surface area contributed by atoms with Crippen LogP contribution in [-0.4, -0.2) is 45.5 Å². The molecule has 0 spiro atoms. The number of halogens is 2. The summed E-state index contributed by atoms with van der Waals surface area (Å²) in [6.45, 7) is 3.15. The van der Waals surface area contributed by atoms with Crippen molar-refractivity contribution in [3.63, 3.8) is 0 Å². The molecule has 3 amide bonds. The fraction of sp³-hybridized carbons (Fsp3) is 0.250. The van der Waals surface area contributed by atoms with E-state index in [4.69, 9.17) is 23.2 Å². The maximum atomic E-state index is 13.1. The Morgan fingerprint density at radius 1 is 1.13 bits per heavy atom. The van der Waals surface area contributed by atoms with Crippen LogP contribution < -0.4 is 0 Å². The highest BCUT2D eigenvalue weighted by atomic mass is 35.5. The quantitative estimate of drug-likeness (QED) is 0.388. The van der Waals surface area contributed by atoms with Gasteiger partial charge in [-0.25, -0.2) is 0 Å². The molecule has 30 heavy (non-hydrogen) atoms. The second-order valence-corrected chi connectivity index (χ2v) is 7.75. The Hall–Kier alpha value is -2.97. The summed E-state index contributed by atoms with van der Waals surface area (Å²) in [6.07, 6.45) is 0. The zero-order valence-electron chi connectivity index (χ0n) is 16.3. The minimum atomic E-state index is -1.17. The Bertz CT molecular complexity index is 1090. The number of carbonyl (C=O) groups excluding carboxylic acids is 3. The first-order valence-electron chi connectivity index (χ1n) is 8.93. The number of rotatable bonds is 5. The van der Waals surface area contributed by atoms with E-state index in [1.807, 2.05) is 0 Å². The van der Waals surface area contributed by atoms with E-state index in [1.165, 1.54) is 31.0 Å². The van der Waals surface area contributed by atoms with Gasteiger partial charge >= 0.3 is 0 Å². The summed E-state index contributed by atoms with van der Waals surface area (Å²) in [6, 6.07) is 7.05. The molecule has 0 fully saturated rings. The highest BCUT2D eigenvalue weighted by molar-refractivity contribution is 6.35. The van der Waals surface area contributed by atoms with E-state index in [2.05, 4.69) is 0 Å². The minimum absolute atomic E-state index is 0.0923. The van der Waals surface area contributed by atoms with E-state index in [1.54, 1.807) is 25.1 Å². The van der Waals surface area contributed by atoms with Crippen molar-refractivity contribution in [2.75, 3.05) is 7.05 Å². The van der Waals surface area contributed by atoms with Gasteiger partial charge in [0.1, 0.15) is 11.6 Å². The molecule has 10 heteroatoms. The van der Waals surface area contributed by atoms with Crippen LogP contribution in [0.25, 0.3) is 0 Å². The van der Waals surface area contributed by atoms with E-state index in [0.717, 1.165) is 11.0 Å². The molecule has 0 saturated carbocycles. The average Bonchev–Trinajstić information content (AvgIpc) is 2.96. The van der Waals surface area contributed by atoms with Crippen molar-refractivity contribution in [2.45, 2.75) is 25.9 Å². The van der Waals surface area contributed by atoms with Crippen LogP contribution in [0, 0.1) is 10.1 Å². The topological polar surface area (TPSA) is 101 Å². The number of hydrogen-bond acceptors (Lipinski definition) is 5. The fourth-order valence-corrected chi connectivity index (χ4v) is 4.00. The number of imide groups is 1. The van der Waals surface area contributed by atoms with Crippen LogP contribution in [0.2, 0.25) is 10.0 Å². The first kappa shape index (κ1) is 21.7. The van der Waals surface area contributed by atoms with E-state index in [-0.39, 0.29) is 11.1 Å². The molecule has 2 atom stereocenters. The molecule has 2 aromatic rings. The molecular weight excluding hydrogens is 433 g/mol. The zero-order chi connectivity index (χ0) is 22.3. The number of amides is 3. The number of carbonyl (C=O) groups is 3. The van der Waals surface area contributed by atoms with Gasteiger partial charge < -0.3 is 4.90 Å². The summed E-state index contributed by atoms with van der Waals surface area (Å²) in [5, 5.41) is 12.1. The maximum Gasteiger partial charge on any atom is 0.282 e. The Balaban J connectivity index is 1.89. The van der Waals surface area contributed by atoms with Crippen molar-refractivity contribution in [3.05, 3.63) is 73.2 Å². The second kappa shape index (κ2) is 8.04. The molecule has 0 saturated heterocycles. The number of hydrogen-bond donors (Lipinski definition) is 0. The van der Waals surface area contributed by atoms with Gasteiger partial charge in [0.2, 0.25) is 5.91 Å². The summed E-state index contributed by atoms with van der Waals surface area (Å²) in [4.78, 5) is 51.3. The van der Waals surface area contributed by atoms with Crippen molar-refractivity contribution in [3.8, 4) is 0 Å². The van der Waals surface area contributed by atoms with Crippen molar-refractivity contribution in [2.24, 2.45) is 0 Å². The normalized spacial score (nSPS) is 15.0. The lowest BCUT2D eigenvalue weighted by molar-refractivity contribution is -0.385. The maximum absolute atomic E-state index is 13.1. The summed E-state index contributed by atoms with van der Waals surface area (Å²) in [5.74, 6) is -2.13. The standard InChI is InChI=1S/C20H17Cl2N3O5/c1-10(13-8-7-12(21)9-15(13)22)23(3)18(26)11(2)24-19(27)14-5-4-6-16(25(29)30)17(14)20(24)28/h4-11H,1-3H3. The molecular formula is C20H17Cl2N3O5. The van der Waals surface area contributed by atoms with Crippen LogP contribution in [-0.2, 0) is 4.79 Å². The summed E-state index contributed by atoms with van der Waals surface area (Å²) >= 11 is 12.1. The van der Waals surface area contributed by atoms with E-state index < -0.39 is 40.4 Å². The molecule has 0 bridgehead atoms. The number of nitro benzene ring substituents is 1. The summed E-state index contributed by atoms with van der Waals surface area (Å²) in [5.41, 5.74) is -0.223. The van der Waals surface area contributed by atoms with Gasteiger partial charge in [-0.05, 0) is 37.6 Å². The molecule has 0 N–H and O–H groups in total. The molecule has 2 aromatic carbocycles. The molecule has 8 nitrogen and oxygen atoms in total. The Kier molecular flexibility index (Phi) is 5.83. The van der Waals surface area contributed by atoms with Gasteiger partial charge in [0.05, 0.1) is 16.5 Å². The molecule has 0 aliphatic carbocycles. The summed E-state index contributed by atoms with van der Waals surface area (Å²) in [7, 11) is 1.52. The van der Waals surface area contributed by atoms with Crippen molar-refractivity contribution >= 4 is 46.6 Å². The van der Waals surface area contributed by atoms with Gasteiger partial charge in [-0.1, -0.05) is 35.3 Å². The van der Waals surface area contributed by atoms with Crippen LogP contribution in [0.3, 0.4) is 0 Å². The Morgan fingerprint density at radius 3 is 2.40 bits per heavy atom. The fourth-order valence-electron chi connectivity index (χ4n) is 3.43. The number of likely N-dealkylation sites (N-methyl/N-ethyl adjacent to an activating group) is 1. The lowest BCUT2D eigenvalue weighted by atomic mass is 10.1. The third-order valence-corrected chi connectivity index (χ3v) is 5.77. The molecule has 3 rings (SSSR count). The Morgan fingerprint density at radius 2 is 1.80 bits per heavy atom. The second-order valence-electron chi connectivity index (χ2n) is 6.90. The predicted molar refractivity (Wildman–Crippen MR) is 111 cm³/mol. The summed E-state index contributed by atoms with van der Waals surface area (Å²) < 4.78 is 0. The highest BCUT2D eigenvalue weighted by Gasteiger charge is 2.45. The number of nitro groups is 1. The molecule has 1 heterocycles. The molecule has 1 aliphatic rings. The Labute approximate surface area is 182 Å². The first-order valence-corrected chi connectivity index (χ1v) is 9.68. The monoisotopic (exact) mass is 449 g/mol. The van der Waals surface area contributed by atoms with Crippen LogP contribution in [0.4, 0.5) is 5.69 Å². The first-order chi connectivity index (χ1) is 14.1. The van der Waals surface area contributed by atoms with Crippen LogP contribution >= 0.6 is 23.2 Å². The molecule has 156 valence electrons. The van der Waals surface area contributed by atoms with Crippen molar-refractivity contribution in [1.29, 1.82) is 0 Å². The minimum Gasteiger partial charge on any atom is -0.337 e. The zero-order valence-corrected chi connectivity index (χ0v) is 17.8. The third kappa shape index (κ3) is 3.53. The lowest BCUT2D eigenvalue weighted by Gasteiger charge is -2.31. The number of nitrogens with zero attached hydrogens (tertiary/aromatic N) is 3.